The highest BCUT2D eigenvalue weighted by atomic mass is 16.5. The second kappa shape index (κ2) is 10.2. The number of methoxy groups -OCH3 is 1. The number of nitrogens with zero attached hydrogens (tertiary/aromatic N) is 1. The molecule has 0 bridgehead atoms. The first-order chi connectivity index (χ1) is 7.74. The van der Waals surface area contributed by atoms with Gasteiger partial charge in [0, 0.05) is 20.2 Å². The average molecular weight is 231 g/mol. The van der Waals surface area contributed by atoms with Crippen molar-refractivity contribution in [3.05, 3.63) is 0 Å². The maximum absolute atomic E-state index is 11.2. The van der Waals surface area contributed by atoms with Gasteiger partial charge in [-0.3, -0.25) is 10.2 Å². The third-order valence-corrected chi connectivity index (χ3v) is 1.69. The van der Waals surface area contributed by atoms with Crippen molar-refractivity contribution in [1.29, 1.82) is 0 Å². The van der Waals surface area contributed by atoms with Gasteiger partial charge < -0.3 is 15.4 Å². The molecule has 0 atom stereocenters. The lowest BCUT2D eigenvalue weighted by Crippen LogP contribution is -2.42. The number of rotatable bonds is 7. The number of amides is 1. The zero-order valence-corrected chi connectivity index (χ0v) is 9.88. The molecule has 0 rings (SSSR count). The topological polar surface area (TPSA) is 101 Å². The van der Waals surface area contributed by atoms with E-state index in [4.69, 9.17) is 10.6 Å². The van der Waals surface area contributed by atoms with Crippen molar-refractivity contribution in [2.45, 2.75) is 13.3 Å². The molecular weight excluding hydrogens is 210 g/mol. The Morgan fingerprint density at radius 1 is 1.38 bits per heavy atom. The molecule has 0 aliphatic rings. The van der Waals surface area contributed by atoms with Crippen LogP contribution in [0.2, 0.25) is 0 Å². The Balaban J connectivity index is 3.78. The average Bonchev–Trinajstić information content (AvgIpc) is 2.30. The number of hydrogen-bond donors (Lipinski definition) is 4. The first kappa shape index (κ1) is 14.7. The summed E-state index contributed by atoms with van der Waals surface area (Å²) in [6.07, 6.45) is 0.959. The lowest BCUT2D eigenvalue weighted by atomic mass is 10.5. The Bertz CT molecular complexity index is 220. The predicted molar refractivity (Wildman–Crippen MR) is 62.8 cm³/mol. The van der Waals surface area contributed by atoms with E-state index in [2.05, 4.69) is 21.1 Å². The number of carbonyl (C=O) groups is 1. The molecule has 0 aromatic carbocycles. The van der Waals surface area contributed by atoms with Crippen LogP contribution in [-0.2, 0) is 9.53 Å². The molecule has 1 amide bonds. The quantitative estimate of drug-likeness (QED) is 0.141. The van der Waals surface area contributed by atoms with Gasteiger partial charge in [-0.15, -0.1) is 0 Å². The van der Waals surface area contributed by atoms with Gasteiger partial charge in [0.05, 0.1) is 6.61 Å². The van der Waals surface area contributed by atoms with E-state index in [-0.39, 0.29) is 12.5 Å². The van der Waals surface area contributed by atoms with Gasteiger partial charge in [-0.1, -0.05) is 6.92 Å². The zero-order chi connectivity index (χ0) is 12.2. The van der Waals surface area contributed by atoms with E-state index in [1.807, 2.05) is 6.92 Å². The van der Waals surface area contributed by atoms with Gasteiger partial charge >= 0.3 is 0 Å². The molecular formula is C9H21N5O2. The number of aliphatic imine (C=N–C) groups is 1. The molecule has 0 unspecified atom stereocenters. The van der Waals surface area contributed by atoms with E-state index in [1.54, 1.807) is 7.11 Å². The molecule has 0 saturated carbocycles. The summed E-state index contributed by atoms with van der Waals surface area (Å²) in [6, 6.07) is 0. The Morgan fingerprint density at radius 3 is 2.69 bits per heavy atom. The van der Waals surface area contributed by atoms with Crippen LogP contribution in [-0.4, -0.2) is 45.2 Å². The first-order valence-electron chi connectivity index (χ1n) is 5.25. The van der Waals surface area contributed by atoms with Crippen LogP contribution >= 0.6 is 0 Å². The highest BCUT2D eigenvalue weighted by Crippen LogP contribution is 1.76. The fourth-order valence-electron chi connectivity index (χ4n) is 0.895. The van der Waals surface area contributed by atoms with Crippen molar-refractivity contribution < 1.29 is 9.53 Å². The van der Waals surface area contributed by atoms with E-state index in [1.165, 1.54) is 0 Å². The third kappa shape index (κ3) is 8.01. The van der Waals surface area contributed by atoms with Gasteiger partial charge in [0.15, 0.2) is 0 Å². The summed E-state index contributed by atoms with van der Waals surface area (Å²) in [5.41, 5.74) is 2.39. The first-order valence-corrected chi connectivity index (χ1v) is 5.25. The Labute approximate surface area is 95.8 Å². The van der Waals surface area contributed by atoms with E-state index < -0.39 is 0 Å². The normalized spacial score (nSPS) is 11.1. The third-order valence-electron chi connectivity index (χ3n) is 1.69. The second-order valence-electron chi connectivity index (χ2n) is 3.08. The van der Waals surface area contributed by atoms with Crippen molar-refractivity contribution in [1.82, 2.24) is 16.1 Å². The molecule has 0 fully saturated rings. The van der Waals surface area contributed by atoms with Crippen LogP contribution in [0, 0.1) is 0 Å². The molecule has 0 aromatic heterocycles. The molecule has 5 N–H and O–H groups in total. The van der Waals surface area contributed by atoms with Crippen molar-refractivity contribution in [2.24, 2.45) is 10.8 Å². The molecule has 0 saturated heterocycles. The smallest absolute Gasteiger partial charge is 0.241 e. The summed E-state index contributed by atoms with van der Waals surface area (Å²) < 4.78 is 4.80. The molecule has 0 heterocycles. The van der Waals surface area contributed by atoms with E-state index in [0.29, 0.717) is 19.1 Å². The van der Waals surface area contributed by atoms with Gasteiger partial charge in [0.25, 0.3) is 0 Å². The van der Waals surface area contributed by atoms with Gasteiger partial charge in [0.2, 0.25) is 11.9 Å². The molecule has 7 heteroatoms. The van der Waals surface area contributed by atoms with E-state index in [0.717, 1.165) is 13.0 Å². The number of ether oxygens (including phenoxy) is 1. The molecule has 94 valence electrons. The van der Waals surface area contributed by atoms with Crippen LogP contribution in [0.15, 0.2) is 4.99 Å². The highest BCUT2D eigenvalue weighted by Gasteiger charge is 2.00. The number of nitrogens with one attached hydrogen (secondary N) is 3. The van der Waals surface area contributed by atoms with E-state index >= 15 is 0 Å². The van der Waals surface area contributed by atoms with Crippen LogP contribution in [0.25, 0.3) is 0 Å². The van der Waals surface area contributed by atoms with E-state index in [9.17, 15) is 4.79 Å². The molecule has 16 heavy (non-hydrogen) atoms. The summed E-state index contributed by atoms with van der Waals surface area (Å²) in [4.78, 5) is 15.2. The largest absolute Gasteiger partial charge is 0.383 e. The number of guanidine groups is 1. The standard InChI is InChI=1S/C9H21N5O2/c1-3-4-12-9(14-10)13-7-8(15)11-5-6-16-2/h3-7,10H2,1-2H3,(H,11,15)(H2,12,13,14). The van der Waals surface area contributed by atoms with Crippen molar-refractivity contribution in [2.75, 3.05) is 33.4 Å². The van der Waals surface area contributed by atoms with Crippen LogP contribution in [0.1, 0.15) is 13.3 Å². The predicted octanol–water partition coefficient (Wildman–Crippen LogP) is -1.43. The molecule has 0 aliphatic carbocycles. The molecule has 0 aromatic rings. The fourth-order valence-corrected chi connectivity index (χ4v) is 0.895. The summed E-state index contributed by atoms with van der Waals surface area (Å²) >= 11 is 0. The minimum absolute atomic E-state index is 0.0416. The Kier molecular flexibility index (Phi) is 9.33. The molecule has 0 spiro atoms. The van der Waals surface area contributed by atoms with Crippen molar-refractivity contribution >= 4 is 11.9 Å². The summed E-state index contributed by atoms with van der Waals surface area (Å²) in [5.74, 6) is 5.48. The monoisotopic (exact) mass is 231 g/mol. The van der Waals surface area contributed by atoms with Crippen molar-refractivity contribution in [3.8, 4) is 0 Å². The number of hydrogen-bond acceptors (Lipinski definition) is 4. The van der Waals surface area contributed by atoms with Gasteiger partial charge in [0.1, 0.15) is 6.54 Å². The number of carbonyl (C=O) groups excluding carboxylic acids is 1. The molecule has 7 nitrogen and oxygen atoms in total. The lowest BCUT2D eigenvalue weighted by Gasteiger charge is -2.07. The maximum Gasteiger partial charge on any atom is 0.241 e. The van der Waals surface area contributed by atoms with Crippen molar-refractivity contribution in [3.63, 3.8) is 0 Å². The summed E-state index contributed by atoms with van der Waals surface area (Å²) in [5, 5.41) is 5.60. The van der Waals surface area contributed by atoms with Crippen LogP contribution in [0.4, 0.5) is 0 Å². The van der Waals surface area contributed by atoms with Crippen LogP contribution in [0.3, 0.4) is 0 Å². The molecule has 0 radical (unpaired) electrons. The van der Waals surface area contributed by atoms with Crippen LogP contribution in [0.5, 0.6) is 0 Å². The SMILES string of the molecule is CCCNC(=NCC(=O)NCCOC)NN. The number of nitrogens with two attached hydrogens (primary N) is 1. The van der Waals surface area contributed by atoms with Gasteiger partial charge in [-0.25, -0.2) is 10.8 Å². The zero-order valence-electron chi connectivity index (χ0n) is 9.88. The molecule has 0 aliphatic heterocycles. The highest BCUT2D eigenvalue weighted by molar-refractivity contribution is 5.84. The maximum atomic E-state index is 11.2. The second-order valence-corrected chi connectivity index (χ2v) is 3.08. The summed E-state index contributed by atoms with van der Waals surface area (Å²) in [7, 11) is 1.58. The minimum Gasteiger partial charge on any atom is -0.383 e. The summed E-state index contributed by atoms with van der Waals surface area (Å²) in [6.45, 7) is 3.80. The Hall–Kier alpha value is -1.34. The van der Waals surface area contributed by atoms with Gasteiger partial charge in [-0.2, -0.15) is 0 Å². The van der Waals surface area contributed by atoms with Gasteiger partial charge in [-0.05, 0) is 6.42 Å². The van der Waals surface area contributed by atoms with Crippen LogP contribution < -0.4 is 21.9 Å². The lowest BCUT2D eigenvalue weighted by molar-refractivity contribution is -0.119. The minimum atomic E-state index is -0.164. The fraction of sp³-hybridized carbons (Fsp3) is 0.778. The number of hydrazine groups is 1. The Morgan fingerprint density at radius 2 is 2.12 bits per heavy atom.